The summed E-state index contributed by atoms with van der Waals surface area (Å²) in [6.45, 7) is 0.426. The van der Waals surface area contributed by atoms with Crippen LogP contribution >= 0.6 is 15.9 Å². The van der Waals surface area contributed by atoms with Crippen molar-refractivity contribution in [3.05, 3.63) is 88.4 Å². The highest BCUT2D eigenvalue weighted by Gasteiger charge is 2.15. The van der Waals surface area contributed by atoms with Crippen LogP contribution in [0.1, 0.15) is 15.9 Å². The van der Waals surface area contributed by atoms with Crippen LogP contribution in [0.3, 0.4) is 0 Å². The number of benzene rings is 3. The van der Waals surface area contributed by atoms with Crippen molar-refractivity contribution < 1.29 is 17.9 Å². The first-order valence-corrected chi connectivity index (χ1v) is 11.1. The molecule has 6 nitrogen and oxygen atoms in total. The number of nitrogens with two attached hydrogens (primary N) is 1. The molecule has 3 N–H and O–H groups in total. The van der Waals surface area contributed by atoms with Gasteiger partial charge in [-0.2, -0.15) is 0 Å². The van der Waals surface area contributed by atoms with Crippen molar-refractivity contribution in [1.82, 2.24) is 0 Å². The van der Waals surface area contributed by atoms with Gasteiger partial charge in [0.2, 0.25) is 10.0 Å². The molecule has 0 aliphatic heterocycles. The number of nitrogens with one attached hydrogen (secondary N) is 1. The molecule has 150 valence electrons. The molecule has 1 amide bonds. The van der Waals surface area contributed by atoms with Crippen molar-refractivity contribution >= 4 is 37.5 Å². The van der Waals surface area contributed by atoms with Gasteiger partial charge in [-0.3, -0.25) is 4.79 Å². The molecule has 0 saturated carbocycles. The van der Waals surface area contributed by atoms with Gasteiger partial charge in [0.05, 0.1) is 17.1 Å². The quantitative estimate of drug-likeness (QED) is 0.540. The Morgan fingerprint density at radius 2 is 1.69 bits per heavy atom. The average Bonchev–Trinajstić information content (AvgIpc) is 2.69. The van der Waals surface area contributed by atoms with Gasteiger partial charge < -0.3 is 10.1 Å². The maximum absolute atomic E-state index is 12.7. The van der Waals surface area contributed by atoms with Gasteiger partial charge in [-0.05, 0) is 48.0 Å². The van der Waals surface area contributed by atoms with Crippen LogP contribution in [0.5, 0.6) is 5.75 Å². The van der Waals surface area contributed by atoms with Crippen LogP contribution in [0.25, 0.3) is 0 Å². The van der Waals surface area contributed by atoms with Gasteiger partial charge >= 0.3 is 0 Å². The van der Waals surface area contributed by atoms with Gasteiger partial charge in [-0.25, -0.2) is 13.6 Å². The molecule has 3 rings (SSSR count). The lowest BCUT2D eigenvalue weighted by Crippen LogP contribution is -2.15. The van der Waals surface area contributed by atoms with E-state index in [0.29, 0.717) is 30.0 Å². The van der Waals surface area contributed by atoms with Crippen LogP contribution in [-0.2, 0) is 16.4 Å². The van der Waals surface area contributed by atoms with Crippen molar-refractivity contribution in [1.29, 1.82) is 0 Å². The molecule has 3 aromatic rings. The first kappa shape index (κ1) is 21.0. The zero-order chi connectivity index (χ0) is 20.9. The number of halogens is 1. The summed E-state index contributed by atoms with van der Waals surface area (Å²) in [5, 5.41) is 7.82. The van der Waals surface area contributed by atoms with E-state index in [1.165, 1.54) is 24.3 Å². The zero-order valence-corrected chi connectivity index (χ0v) is 17.7. The van der Waals surface area contributed by atoms with Gasteiger partial charge in [0.15, 0.2) is 0 Å². The second-order valence-electron chi connectivity index (χ2n) is 6.25. The number of hydrogen-bond acceptors (Lipinski definition) is 4. The third kappa shape index (κ3) is 5.90. The van der Waals surface area contributed by atoms with Crippen LogP contribution in [0.2, 0.25) is 0 Å². The van der Waals surface area contributed by atoms with E-state index in [0.717, 1.165) is 10.0 Å². The van der Waals surface area contributed by atoms with Gasteiger partial charge in [0.25, 0.3) is 5.91 Å². The molecule has 0 atom stereocenters. The Bertz CT molecular complexity index is 1100. The van der Waals surface area contributed by atoms with Crippen LogP contribution in [-0.4, -0.2) is 20.9 Å². The van der Waals surface area contributed by atoms with Crippen molar-refractivity contribution in [3.8, 4) is 5.75 Å². The van der Waals surface area contributed by atoms with Gasteiger partial charge in [-0.1, -0.05) is 46.3 Å². The number of sulfonamides is 1. The highest BCUT2D eigenvalue weighted by Crippen LogP contribution is 2.25. The van der Waals surface area contributed by atoms with E-state index in [1.54, 1.807) is 18.2 Å². The van der Waals surface area contributed by atoms with Crippen LogP contribution in [0.4, 0.5) is 5.69 Å². The largest absolute Gasteiger partial charge is 0.492 e. The average molecular weight is 475 g/mol. The molecule has 3 aromatic carbocycles. The Morgan fingerprint density at radius 3 is 2.34 bits per heavy atom. The second-order valence-corrected chi connectivity index (χ2v) is 8.73. The molecule has 0 unspecified atom stereocenters. The number of hydrogen-bond donors (Lipinski definition) is 2. The molecule has 0 saturated heterocycles. The maximum Gasteiger partial charge on any atom is 0.259 e. The molecule has 29 heavy (non-hydrogen) atoms. The molecule has 0 fully saturated rings. The van der Waals surface area contributed by atoms with E-state index in [1.807, 2.05) is 30.3 Å². The van der Waals surface area contributed by atoms with Crippen molar-refractivity contribution in [2.24, 2.45) is 5.14 Å². The number of carbonyl (C=O) groups excluding carboxylic acids is 1. The summed E-state index contributed by atoms with van der Waals surface area (Å²) in [6.07, 6.45) is 0.715. The SMILES string of the molecule is NS(=O)(=O)c1ccc(NC(=O)c2cc(Br)ccc2OCCc2ccccc2)cc1. The summed E-state index contributed by atoms with van der Waals surface area (Å²) in [6, 6.07) is 20.8. The minimum absolute atomic E-state index is 0.0251. The minimum atomic E-state index is -3.78. The maximum atomic E-state index is 12.7. The second kappa shape index (κ2) is 9.21. The lowest BCUT2D eigenvalue weighted by molar-refractivity contribution is 0.102. The normalized spacial score (nSPS) is 11.1. The lowest BCUT2D eigenvalue weighted by Gasteiger charge is -2.13. The molecule has 8 heteroatoms. The molecule has 0 heterocycles. The number of ether oxygens (including phenoxy) is 1. The number of anilines is 1. The fourth-order valence-corrected chi connectivity index (χ4v) is 3.53. The molecular formula is C21H19BrN2O4S. The number of primary sulfonamides is 1. The van der Waals surface area contributed by atoms with Gasteiger partial charge in [0.1, 0.15) is 5.75 Å². The van der Waals surface area contributed by atoms with E-state index < -0.39 is 10.0 Å². The van der Waals surface area contributed by atoms with E-state index in [4.69, 9.17) is 9.88 Å². The monoisotopic (exact) mass is 474 g/mol. The number of rotatable bonds is 7. The molecule has 0 bridgehead atoms. The molecule has 0 aliphatic rings. The summed E-state index contributed by atoms with van der Waals surface area (Å²) >= 11 is 3.37. The summed E-state index contributed by atoms with van der Waals surface area (Å²) in [5.41, 5.74) is 1.95. The Kier molecular flexibility index (Phi) is 6.68. The Hall–Kier alpha value is -2.68. The zero-order valence-electron chi connectivity index (χ0n) is 15.3. The van der Waals surface area contributed by atoms with Gasteiger partial charge in [-0.15, -0.1) is 0 Å². The van der Waals surface area contributed by atoms with E-state index in [9.17, 15) is 13.2 Å². The summed E-state index contributed by atoms with van der Waals surface area (Å²) < 4.78 is 29.3. The van der Waals surface area contributed by atoms with E-state index >= 15 is 0 Å². The van der Waals surface area contributed by atoms with Crippen molar-refractivity contribution in [2.45, 2.75) is 11.3 Å². The van der Waals surface area contributed by atoms with Gasteiger partial charge in [0, 0.05) is 16.6 Å². The smallest absolute Gasteiger partial charge is 0.259 e. The lowest BCUT2D eigenvalue weighted by atomic mass is 10.1. The Labute approximate surface area is 177 Å². The Balaban J connectivity index is 1.71. The number of carbonyl (C=O) groups is 1. The predicted molar refractivity (Wildman–Crippen MR) is 116 cm³/mol. The highest BCUT2D eigenvalue weighted by atomic mass is 79.9. The van der Waals surface area contributed by atoms with Crippen LogP contribution in [0.15, 0.2) is 82.2 Å². The topological polar surface area (TPSA) is 98.5 Å². The fourth-order valence-electron chi connectivity index (χ4n) is 2.66. The Morgan fingerprint density at radius 1 is 1.00 bits per heavy atom. The highest BCUT2D eigenvalue weighted by molar-refractivity contribution is 9.10. The number of amides is 1. The molecule has 0 aromatic heterocycles. The van der Waals surface area contributed by atoms with Crippen LogP contribution < -0.4 is 15.2 Å². The summed E-state index contributed by atoms with van der Waals surface area (Å²) in [7, 11) is -3.78. The predicted octanol–water partition coefficient (Wildman–Crippen LogP) is 3.97. The third-order valence-electron chi connectivity index (χ3n) is 4.12. The molecule has 0 spiro atoms. The van der Waals surface area contributed by atoms with Crippen molar-refractivity contribution in [3.63, 3.8) is 0 Å². The summed E-state index contributed by atoms with van der Waals surface area (Å²) in [4.78, 5) is 12.7. The molecular weight excluding hydrogens is 456 g/mol. The van der Waals surface area contributed by atoms with E-state index in [-0.39, 0.29) is 10.8 Å². The molecule has 0 radical (unpaired) electrons. The van der Waals surface area contributed by atoms with Crippen molar-refractivity contribution in [2.75, 3.05) is 11.9 Å². The summed E-state index contributed by atoms with van der Waals surface area (Å²) in [5.74, 6) is 0.0900. The minimum Gasteiger partial charge on any atom is -0.492 e. The van der Waals surface area contributed by atoms with Crippen LogP contribution in [0, 0.1) is 0 Å². The standard InChI is InChI=1S/C21H19BrN2O4S/c22-16-6-11-20(28-13-12-15-4-2-1-3-5-15)19(14-16)21(25)24-17-7-9-18(10-8-17)29(23,26)27/h1-11,14H,12-13H2,(H,24,25)(H2,23,26,27). The first-order chi connectivity index (χ1) is 13.8. The fraction of sp³-hybridized carbons (Fsp3) is 0.0952. The molecule has 0 aliphatic carbocycles. The first-order valence-electron chi connectivity index (χ1n) is 8.73. The third-order valence-corrected chi connectivity index (χ3v) is 5.54. The van der Waals surface area contributed by atoms with E-state index in [2.05, 4.69) is 21.2 Å².